The molecule has 0 radical (unpaired) electrons. The van der Waals surface area contributed by atoms with Gasteiger partial charge in [-0.2, -0.15) is 0 Å². The van der Waals surface area contributed by atoms with E-state index in [-0.39, 0.29) is 5.75 Å². The number of halogens is 1. The van der Waals surface area contributed by atoms with Crippen LogP contribution in [-0.2, 0) is 6.54 Å². The molecule has 4 aromatic carbocycles. The number of para-hydroxylation sites is 1. The summed E-state index contributed by atoms with van der Waals surface area (Å²) in [4.78, 5) is 4.77. The Morgan fingerprint density at radius 3 is 2.18 bits per heavy atom. The molecular weight excluding hydrogens is 415 g/mol. The molecule has 162 valence electrons. The van der Waals surface area contributed by atoms with Gasteiger partial charge in [0, 0.05) is 23.1 Å². The fourth-order valence-corrected chi connectivity index (χ4v) is 4.11. The van der Waals surface area contributed by atoms with Crippen molar-refractivity contribution in [3.63, 3.8) is 0 Å². The number of benzene rings is 4. The minimum atomic E-state index is -0.701. The highest BCUT2D eigenvalue weighted by Gasteiger charge is 2.15. The summed E-state index contributed by atoms with van der Waals surface area (Å²) in [5, 5.41) is 20.8. The Hall–Kier alpha value is -4.22. The number of rotatable bonds is 4. The van der Waals surface area contributed by atoms with Crippen LogP contribution in [0.15, 0.2) is 91.0 Å². The molecule has 0 saturated heterocycles. The molecule has 0 aliphatic carbocycles. The molecule has 0 aliphatic heterocycles. The van der Waals surface area contributed by atoms with Crippen molar-refractivity contribution in [2.75, 3.05) is 0 Å². The maximum Gasteiger partial charge on any atom is 0.165 e. The van der Waals surface area contributed by atoms with Crippen molar-refractivity contribution in [2.24, 2.45) is 5.73 Å². The number of phenols is 2. The van der Waals surface area contributed by atoms with Gasteiger partial charge in [0.05, 0.1) is 11.2 Å². The van der Waals surface area contributed by atoms with E-state index >= 15 is 0 Å². The minimum Gasteiger partial charge on any atom is -0.507 e. The van der Waals surface area contributed by atoms with Gasteiger partial charge in [0.15, 0.2) is 11.6 Å². The van der Waals surface area contributed by atoms with Crippen molar-refractivity contribution in [3.05, 3.63) is 102 Å². The van der Waals surface area contributed by atoms with Gasteiger partial charge in [-0.25, -0.2) is 9.37 Å². The smallest absolute Gasteiger partial charge is 0.165 e. The maximum absolute atomic E-state index is 14.1. The fraction of sp³-hybridized carbons (Fsp3) is 0.0357. The van der Waals surface area contributed by atoms with Crippen LogP contribution in [-0.4, -0.2) is 15.2 Å². The van der Waals surface area contributed by atoms with E-state index in [4.69, 9.17) is 10.7 Å². The highest BCUT2D eigenvalue weighted by molar-refractivity contribution is 5.99. The van der Waals surface area contributed by atoms with Crippen molar-refractivity contribution >= 4 is 10.9 Å². The Bertz CT molecular complexity index is 1500. The number of phenolic OH excluding ortho intramolecular Hbond substituents is 2. The Balaban J connectivity index is 1.80. The summed E-state index contributed by atoms with van der Waals surface area (Å²) in [6.07, 6.45) is 0. The second kappa shape index (κ2) is 8.37. The third-order valence-corrected chi connectivity index (χ3v) is 5.79. The molecule has 0 atom stereocenters. The van der Waals surface area contributed by atoms with Gasteiger partial charge in [0.1, 0.15) is 5.75 Å². The average molecular weight is 436 g/mol. The molecule has 4 N–H and O–H groups in total. The lowest BCUT2D eigenvalue weighted by atomic mass is 9.92. The third-order valence-electron chi connectivity index (χ3n) is 5.79. The second-order valence-corrected chi connectivity index (χ2v) is 7.83. The topological polar surface area (TPSA) is 79.4 Å². The number of aromatic nitrogens is 1. The summed E-state index contributed by atoms with van der Waals surface area (Å²) < 4.78 is 14.1. The van der Waals surface area contributed by atoms with E-state index in [0.717, 1.165) is 38.7 Å². The van der Waals surface area contributed by atoms with Crippen LogP contribution in [0.25, 0.3) is 44.4 Å². The number of aromatic hydroxyl groups is 2. The van der Waals surface area contributed by atoms with E-state index in [1.165, 1.54) is 12.1 Å². The molecule has 0 fully saturated rings. The van der Waals surface area contributed by atoms with E-state index in [2.05, 4.69) is 0 Å². The van der Waals surface area contributed by atoms with Crippen LogP contribution in [0.5, 0.6) is 11.5 Å². The molecule has 0 aliphatic rings. The first-order valence-corrected chi connectivity index (χ1v) is 10.6. The lowest BCUT2D eigenvalue weighted by Gasteiger charge is -2.15. The number of hydrogen-bond acceptors (Lipinski definition) is 4. The summed E-state index contributed by atoms with van der Waals surface area (Å²) in [6, 6.07) is 27.0. The van der Waals surface area contributed by atoms with Crippen molar-refractivity contribution < 1.29 is 14.6 Å². The van der Waals surface area contributed by atoms with Crippen LogP contribution in [0, 0.1) is 5.82 Å². The molecule has 5 rings (SSSR count). The number of nitrogens with two attached hydrogens (primary N) is 1. The molecular formula is C28H21FN2O2. The first-order valence-electron chi connectivity index (χ1n) is 10.6. The van der Waals surface area contributed by atoms with Crippen LogP contribution >= 0.6 is 0 Å². The number of pyridine rings is 1. The molecule has 1 heterocycles. The average Bonchev–Trinajstić information content (AvgIpc) is 2.85. The molecule has 5 heteroatoms. The molecule has 5 aromatic rings. The normalized spacial score (nSPS) is 11.1. The monoisotopic (exact) mass is 436 g/mol. The van der Waals surface area contributed by atoms with Gasteiger partial charge in [-0.05, 0) is 64.7 Å². The molecule has 0 spiro atoms. The predicted octanol–water partition coefficient (Wildman–Crippen LogP) is 6.24. The van der Waals surface area contributed by atoms with Crippen molar-refractivity contribution in [1.82, 2.24) is 4.98 Å². The molecule has 0 amide bonds. The summed E-state index contributed by atoms with van der Waals surface area (Å²) in [6.45, 7) is 0.363. The van der Waals surface area contributed by atoms with Gasteiger partial charge in [-0.1, -0.05) is 48.5 Å². The van der Waals surface area contributed by atoms with Crippen LogP contribution in [0.4, 0.5) is 4.39 Å². The summed E-state index contributed by atoms with van der Waals surface area (Å²) in [5.41, 5.74) is 12.3. The van der Waals surface area contributed by atoms with E-state index in [1.54, 1.807) is 18.2 Å². The van der Waals surface area contributed by atoms with Crippen molar-refractivity contribution in [3.8, 4) is 45.0 Å². The van der Waals surface area contributed by atoms with Gasteiger partial charge >= 0.3 is 0 Å². The Labute approximate surface area is 190 Å². The lowest BCUT2D eigenvalue weighted by Crippen LogP contribution is -2.00. The zero-order chi connectivity index (χ0) is 22.9. The second-order valence-electron chi connectivity index (χ2n) is 7.83. The Morgan fingerprint density at radius 1 is 0.697 bits per heavy atom. The van der Waals surface area contributed by atoms with Crippen molar-refractivity contribution in [2.45, 2.75) is 6.54 Å². The Morgan fingerprint density at radius 2 is 1.42 bits per heavy atom. The van der Waals surface area contributed by atoms with Gasteiger partial charge in [-0.3, -0.25) is 0 Å². The lowest BCUT2D eigenvalue weighted by molar-refractivity contribution is 0.432. The summed E-state index contributed by atoms with van der Waals surface area (Å²) >= 11 is 0. The SMILES string of the molecule is NCc1ccccc1-c1cc(-c2ccc(O)c(F)c2)nc2ccc(-c3ccccc3O)cc12. The third kappa shape index (κ3) is 3.79. The first kappa shape index (κ1) is 20.7. The molecule has 1 aromatic heterocycles. The highest BCUT2D eigenvalue weighted by atomic mass is 19.1. The largest absolute Gasteiger partial charge is 0.507 e. The number of nitrogens with zero attached hydrogens (tertiary/aromatic N) is 1. The molecule has 0 saturated carbocycles. The maximum atomic E-state index is 14.1. The zero-order valence-corrected chi connectivity index (χ0v) is 17.7. The quantitative estimate of drug-likeness (QED) is 0.311. The van der Waals surface area contributed by atoms with Crippen molar-refractivity contribution in [1.29, 1.82) is 0 Å². The standard InChI is InChI=1S/C28H21FN2O2/c29-24-14-18(10-12-28(24)33)26-15-22(20-6-2-1-5-19(20)16-30)23-13-17(9-11-25(23)31-26)21-7-3-4-8-27(21)32/h1-15,32-33H,16,30H2. The van der Waals surface area contributed by atoms with E-state index in [9.17, 15) is 14.6 Å². The minimum absolute atomic E-state index is 0.199. The number of fused-ring (bicyclic) bond motifs is 1. The zero-order valence-electron chi connectivity index (χ0n) is 17.7. The van der Waals surface area contributed by atoms with Gasteiger partial charge in [0.25, 0.3) is 0 Å². The summed E-state index contributed by atoms with van der Waals surface area (Å²) in [5.74, 6) is -0.904. The Kier molecular flexibility index (Phi) is 5.24. The van der Waals surface area contributed by atoms with E-state index in [1.807, 2.05) is 60.7 Å². The molecule has 0 unspecified atom stereocenters. The molecule has 4 nitrogen and oxygen atoms in total. The molecule has 33 heavy (non-hydrogen) atoms. The van der Waals surface area contributed by atoms with Crippen LogP contribution in [0.1, 0.15) is 5.56 Å². The van der Waals surface area contributed by atoms with Crippen LogP contribution in [0.3, 0.4) is 0 Å². The van der Waals surface area contributed by atoms with Gasteiger partial charge < -0.3 is 15.9 Å². The van der Waals surface area contributed by atoms with Crippen LogP contribution in [0.2, 0.25) is 0 Å². The van der Waals surface area contributed by atoms with E-state index in [0.29, 0.717) is 17.8 Å². The fourth-order valence-electron chi connectivity index (χ4n) is 4.11. The molecule has 0 bridgehead atoms. The number of hydrogen-bond donors (Lipinski definition) is 3. The predicted molar refractivity (Wildman–Crippen MR) is 129 cm³/mol. The van der Waals surface area contributed by atoms with Gasteiger partial charge in [-0.15, -0.1) is 0 Å². The highest BCUT2D eigenvalue weighted by Crippen LogP contribution is 2.38. The van der Waals surface area contributed by atoms with Gasteiger partial charge in [0.2, 0.25) is 0 Å². The van der Waals surface area contributed by atoms with E-state index < -0.39 is 11.6 Å². The van der Waals surface area contributed by atoms with Crippen LogP contribution < -0.4 is 5.73 Å². The first-order chi connectivity index (χ1) is 16.0. The summed E-state index contributed by atoms with van der Waals surface area (Å²) in [7, 11) is 0.